The Bertz CT molecular complexity index is 680. The van der Waals surface area contributed by atoms with Gasteiger partial charge in [-0.25, -0.2) is 0 Å². The minimum atomic E-state index is -0.521. The molecule has 2 aliphatic rings. The lowest BCUT2D eigenvalue weighted by Crippen LogP contribution is -2.56. The van der Waals surface area contributed by atoms with Crippen molar-refractivity contribution in [3.05, 3.63) is 29.3 Å². The zero-order chi connectivity index (χ0) is 18.2. The number of carbonyl (C=O) groups is 2. The molecule has 6 heteroatoms. The van der Waals surface area contributed by atoms with E-state index >= 15 is 0 Å². The van der Waals surface area contributed by atoms with Crippen LogP contribution in [0.4, 0.5) is 0 Å². The minimum Gasteiger partial charge on any atom is -0.496 e. The third kappa shape index (κ3) is 3.11. The van der Waals surface area contributed by atoms with Gasteiger partial charge < -0.3 is 19.6 Å². The van der Waals surface area contributed by atoms with E-state index in [1.54, 1.807) is 24.0 Å². The highest BCUT2D eigenvalue weighted by atomic mass is 16.5. The van der Waals surface area contributed by atoms with Crippen LogP contribution in [-0.2, 0) is 4.79 Å². The summed E-state index contributed by atoms with van der Waals surface area (Å²) in [5, 5.41) is 10.1. The summed E-state index contributed by atoms with van der Waals surface area (Å²) in [4.78, 5) is 29.0. The van der Waals surface area contributed by atoms with Crippen molar-refractivity contribution in [1.82, 2.24) is 9.80 Å². The number of carbonyl (C=O) groups excluding carboxylic acids is 2. The van der Waals surface area contributed by atoms with Gasteiger partial charge in [-0.3, -0.25) is 9.59 Å². The molecule has 0 bridgehead atoms. The third-order valence-electron chi connectivity index (χ3n) is 5.65. The van der Waals surface area contributed by atoms with Crippen LogP contribution in [0.1, 0.15) is 35.2 Å². The Morgan fingerprint density at radius 1 is 1.32 bits per heavy atom. The maximum absolute atomic E-state index is 12.9. The molecule has 1 aromatic rings. The second kappa shape index (κ2) is 6.67. The fourth-order valence-electron chi connectivity index (χ4n) is 4.20. The molecule has 3 rings (SSSR count). The Morgan fingerprint density at radius 2 is 2.00 bits per heavy atom. The number of aliphatic hydroxyl groups excluding tert-OH is 1. The molecule has 136 valence electrons. The first kappa shape index (κ1) is 17.7. The van der Waals surface area contributed by atoms with Crippen LogP contribution >= 0.6 is 0 Å². The maximum atomic E-state index is 12.9. The van der Waals surface area contributed by atoms with E-state index in [2.05, 4.69) is 0 Å². The van der Waals surface area contributed by atoms with Crippen LogP contribution in [0.2, 0.25) is 0 Å². The average Bonchev–Trinajstić information content (AvgIpc) is 2.60. The summed E-state index contributed by atoms with van der Waals surface area (Å²) < 4.78 is 5.30. The van der Waals surface area contributed by atoms with Crippen LogP contribution in [0, 0.1) is 12.3 Å². The number of aliphatic hydroxyl groups is 1. The number of amides is 2. The number of methoxy groups -OCH3 is 1. The van der Waals surface area contributed by atoms with Crippen molar-refractivity contribution in [2.24, 2.45) is 5.41 Å². The summed E-state index contributed by atoms with van der Waals surface area (Å²) >= 11 is 0. The number of hydrogen-bond acceptors (Lipinski definition) is 4. The molecule has 0 aromatic heterocycles. The molecule has 2 aliphatic heterocycles. The van der Waals surface area contributed by atoms with E-state index in [9.17, 15) is 14.7 Å². The zero-order valence-electron chi connectivity index (χ0n) is 15.1. The highest BCUT2D eigenvalue weighted by Gasteiger charge is 2.48. The molecule has 25 heavy (non-hydrogen) atoms. The van der Waals surface area contributed by atoms with Gasteiger partial charge in [-0.05, 0) is 38.3 Å². The van der Waals surface area contributed by atoms with Gasteiger partial charge in [0.1, 0.15) is 5.75 Å². The zero-order valence-corrected chi connectivity index (χ0v) is 15.1. The molecular weight excluding hydrogens is 320 g/mol. The van der Waals surface area contributed by atoms with Gasteiger partial charge in [0, 0.05) is 37.8 Å². The first-order valence-electron chi connectivity index (χ1n) is 8.74. The number of piperidine rings is 2. The molecule has 1 aromatic carbocycles. The van der Waals surface area contributed by atoms with Gasteiger partial charge >= 0.3 is 0 Å². The Morgan fingerprint density at radius 3 is 2.64 bits per heavy atom. The standard InChI is InChI=1S/C19H26N2O4/c1-13-15(5-4-6-16(13)25-3)17(23)21-9-7-19(8-10-21)11-14(22)12-20(2)18(19)24/h4-6,14,22H,7-12H2,1-3H3. The van der Waals surface area contributed by atoms with E-state index in [0.29, 0.717) is 50.2 Å². The normalized spacial score (nSPS) is 23.0. The molecule has 1 N–H and O–H groups in total. The number of rotatable bonds is 2. The number of hydrogen-bond donors (Lipinski definition) is 1. The summed E-state index contributed by atoms with van der Waals surface area (Å²) in [6, 6.07) is 5.48. The summed E-state index contributed by atoms with van der Waals surface area (Å²) in [6.07, 6.45) is 1.21. The summed E-state index contributed by atoms with van der Waals surface area (Å²) in [7, 11) is 3.33. The number of benzene rings is 1. The molecule has 2 amide bonds. The molecule has 0 aliphatic carbocycles. The number of β-amino-alcohol motifs (C(OH)–C–C–N with tert-alkyl or cyclic N) is 1. The molecule has 2 fully saturated rings. The predicted octanol–water partition coefficient (Wildman–Crippen LogP) is 1.45. The molecule has 2 saturated heterocycles. The van der Waals surface area contributed by atoms with E-state index in [0.717, 1.165) is 5.56 Å². The van der Waals surface area contributed by atoms with E-state index in [1.807, 2.05) is 25.1 Å². The number of nitrogens with zero attached hydrogens (tertiary/aromatic N) is 2. The van der Waals surface area contributed by atoms with Gasteiger partial charge in [-0.2, -0.15) is 0 Å². The van der Waals surface area contributed by atoms with Crippen molar-refractivity contribution >= 4 is 11.8 Å². The quantitative estimate of drug-likeness (QED) is 0.880. The Hall–Kier alpha value is -2.08. The third-order valence-corrected chi connectivity index (χ3v) is 5.65. The molecule has 2 heterocycles. The molecular formula is C19H26N2O4. The van der Waals surface area contributed by atoms with Gasteiger partial charge in [0.25, 0.3) is 5.91 Å². The van der Waals surface area contributed by atoms with Crippen LogP contribution in [0.25, 0.3) is 0 Å². The first-order valence-corrected chi connectivity index (χ1v) is 8.74. The Kier molecular flexibility index (Phi) is 4.73. The van der Waals surface area contributed by atoms with Gasteiger partial charge in [0.05, 0.1) is 18.6 Å². The smallest absolute Gasteiger partial charge is 0.254 e. The molecule has 0 radical (unpaired) electrons. The fraction of sp³-hybridized carbons (Fsp3) is 0.579. The molecule has 6 nitrogen and oxygen atoms in total. The first-order chi connectivity index (χ1) is 11.9. The minimum absolute atomic E-state index is 0.0246. The largest absolute Gasteiger partial charge is 0.496 e. The lowest BCUT2D eigenvalue weighted by atomic mass is 9.71. The van der Waals surface area contributed by atoms with Gasteiger partial charge in [0.15, 0.2) is 0 Å². The number of ether oxygens (including phenoxy) is 1. The van der Waals surface area contributed by atoms with Crippen LogP contribution in [0.5, 0.6) is 5.75 Å². The van der Waals surface area contributed by atoms with Crippen molar-refractivity contribution in [3.8, 4) is 5.75 Å². The molecule has 0 saturated carbocycles. The van der Waals surface area contributed by atoms with Crippen molar-refractivity contribution < 1.29 is 19.4 Å². The van der Waals surface area contributed by atoms with E-state index in [-0.39, 0.29) is 11.8 Å². The average molecular weight is 346 g/mol. The van der Waals surface area contributed by atoms with Crippen LogP contribution < -0.4 is 4.74 Å². The molecule has 1 unspecified atom stereocenters. The maximum Gasteiger partial charge on any atom is 0.254 e. The Labute approximate surface area is 148 Å². The number of likely N-dealkylation sites (N-methyl/N-ethyl adjacent to an activating group) is 1. The van der Waals surface area contributed by atoms with E-state index in [1.165, 1.54) is 0 Å². The molecule has 1 atom stereocenters. The van der Waals surface area contributed by atoms with E-state index < -0.39 is 11.5 Å². The second-order valence-corrected chi connectivity index (χ2v) is 7.25. The van der Waals surface area contributed by atoms with E-state index in [4.69, 9.17) is 4.74 Å². The lowest BCUT2D eigenvalue weighted by Gasteiger charge is -2.47. The highest BCUT2D eigenvalue weighted by molar-refractivity contribution is 5.96. The van der Waals surface area contributed by atoms with Gasteiger partial charge in [0.2, 0.25) is 5.91 Å². The lowest BCUT2D eigenvalue weighted by molar-refractivity contribution is -0.154. The summed E-state index contributed by atoms with van der Waals surface area (Å²) in [5.41, 5.74) is 0.953. The van der Waals surface area contributed by atoms with Gasteiger partial charge in [-0.1, -0.05) is 6.07 Å². The van der Waals surface area contributed by atoms with Crippen molar-refractivity contribution in [2.45, 2.75) is 32.3 Å². The highest BCUT2D eigenvalue weighted by Crippen LogP contribution is 2.41. The van der Waals surface area contributed by atoms with Crippen molar-refractivity contribution in [2.75, 3.05) is 33.8 Å². The van der Waals surface area contributed by atoms with Crippen molar-refractivity contribution in [1.29, 1.82) is 0 Å². The fourth-order valence-corrected chi connectivity index (χ4v) is 4.20. The van der Waals surface area contributed by atoms with Crippen molar-refractivity contribution in [3.63, 3.8) is 0 Å². The second-order valence-electron chi connectivity index (χ2n) is 7.25. The van der Waals surface area contributed by atoms with Crippen LogP contribution in [0.3, 0.4) is 0 Å². The van der Waals surface area contributed by atoms with Crippen LogP contribution in [-0.4, -0.2) is 66.6 Å². The topological polar surface area (TPSA) is 70.1 Å². The van der Waals surface area contributed by atoms with Crippen LogP contribution in [0.15, 0.2) is 18.2 Å². The monoisotopic (exact) mass is 346 g/mol. The summed E-state index contributed by atoms with van der Waals surface area (Å²) in [5.74, 6) is 0.775. The Balaban J connectivity index is 1.74. The SMILES string of the molecule is COc1cccc(C(=O)N2CCC3(CC2)CC(O)CN(C)C3=O)c1C. The summed E-state index contributed by atoms with van der Waals surface area (Å²) in [6.45, 7) is 3.34. The molecule has 1 spiro atoms. The van der Waals surface area contributed by atoms with Gasteiger partial charge in [-0.15, -0.1) is 0 Å². The predicted molar refractivity (Wildman–Crippen MR) is 93.6 cm³/mol. The number of likely N-dealkylation sites (tertiary alicyclic amines) is 2.